The second kappa shape index (κ2) is 6.69. The van der Waals surface area contributed by atoms with E-state index in [0.717, 1.165) is 6.54 Å². The molecule has 2 heterocycles. The molecule has 3 rings (SSSR count). The number of rotatable bonds is 3. The van der Waals surface area contributed by atoms with Gasteiger partial charge in [-0.3, -0.25) is 4.90 Å². The molecule has 1 saturated heterocycles. The molecule has 2 fully saturated rings. The Hall–Kier alpha value is 0.1000. The first-order valence-electron chi connectivity index (χ1n) is 8.32. The average molecular weight is 371 g/mol. The van der Waals surface area contributed by atoms with Gasteiger partial charge in [-0.05, 0) is 46.8 Å². The molecule has 1 aliphatic heterocycles. The molecule has 1 saturated carbocycles. The molecule has 0 amide bonds. The minimum atomic E-state index is 0.417. The third kappa shape index (κ3) is 3.54. The molecule has 2 nitrogen and oxygen atoms in total. The number of nitrogens with zero attached hydrogens (tertiary/aromatic N) is 1. The van der Waals surface area contributed by atoms with Gasteiger partial charge in [0, 0.05) is 36.1 Å². The zero-order valence-electron chi connectivity index (χ0n) is 13.2. The summed E-state index contributed by atoms with van der Waals surface area (Å²) in [5, 5.41) is 3.85. The van der Waals surface area contributed by atoms with Gasteiger partial charge in [-0.1, -0.05) is 33.1 Å². The lowest BCUT2D eigenvalue weighted by Gasteiger charge is -2.52. The van der Waals surface area contributed by atoms with Crippen LogP contribution < -0.4 is 5.32 Å². The van der Waals surface area contributed by atoms with E-state index < -0.39 is 0 Å². The molecule has 2 aliphatic rings. The van der Waals surface area contributed by atoms with Crippen LogP contribution in [0.2, 0.25) is 0 Å². The molecule has 0 radical (unpaired) electrons. The molecule has 1 aromatic heterocycles. The summed E-state index contributed by atoms with van der Waals surface area (Å²) >= 11 is 5.50. The van der Waals surface area contributed by atoms with Gasteiger partial charge in [-0.15, -0.1) is 11.3 Å². The molecule has 21 heavy (non-hydrogen) atoms. The summed E-state index contributed by atoms with van der Waals surface area (Å²) in [5.41, 5.74) is 0.417. The van der Waals surface area contributed by atoms with Crippen molar-refractivity contribution in [1.29, 1.82) is 0 Å². The van der Waals surface area contributed by atoms with Crippen molar-refractivity contribution in [3.8, 4) is 0 Å². The zero-order chi connectivity index (χ0) is 14.9. The van der Waals surface area contributed by atoms with Crippen LogP contribution in [0, 0.1) is 5.92 Å². The number of piperazine rings is 1. The summed E-state index contributed by atoms with van der Waals surface area (Å²) in [6, 6.07) is 5.12. The third-order valence-electron chi connectivity index (χ3n) is 5.35. The van der Waals surface area contributed by atoms with E-state index in [4.69, 9.17) is 0 Å². The monoisotopic (exact) mass is 370 g/mol. The van der Waals surface area contributed by atoms with Crippen molar-refractivity contribution in [3.63, 3.8) is 0 Å². The predicted octanol–water partition coefficient (Wildman–Crippen LogP) is 4.64. The van der Waals surface area contributed by atoms with Crippen LogP contribution in [0.4, 0.5) is 0 Å². The molecule has 118 valence electrons. The highest BCUT2D eigenvalue weighted by Gasteiger charge is 2.42. The Morgan fingerprint density at radius 1 is 1.33 bits per heavy atom. The summed E-state index contributed by atoms with van der Waals surface area (Å²) < 4.78 is 1.26. The van der Waals surface area contributed by atoms with Gasteiger partial charge in [0.05, 0.1) is 3.79 Å². The smallest absolute Gasteiger partial charge is 0.0701 e. The highest BCUT2D eigenvalue weighted by molar-refractivity contribution is 9.11. The number of nitrogens with one attached hydrogen (secondary N) is 1. The summed E-state index contributed by atoms with van der Waals surface area (Å²) in [7, 11) is 0. The summed E-state index contributed by atoms with van der Waals surface area (Å²) in [6.07, 6.45) is 6.97. The molecular formula is C17H27BrN2S. The fraction of sp³-hybridized carbons (Fsp3) is 0.765. The molecule has 1 spiro atoms. The number of halogens is 1. The van der Waals surface area contributed by atoms with Crippen molar-refractivity contribution in [3.05, 3.63) is 20.8 Å². The first-order valence-corrected chi connectivity index (χ1v) is 9.93. The lowest BCUT2D eigenvalue weighted by atomic mass is 9.77. The Morgan fingerprint density at radius 3 is 2.71 bits per heavy atom. The Balaban J connectivity index is 1.78. The highest BCUT2D eigenvalue weighted by Crippen LogP contribution is 2.38. The molecule has 1 aliphatic carbocycles. The van der Waals surface area contributed by atoms with Crippen molar-refractivity contribution in [2.75, 3.05) is 13.1 Å². The second-order valence-corrected chi connectivity index (χ2v) is 9.65. The zero-order valence-corrected chi connectivity index (χ0v) is 15.6. The Kier molecular flexibility index (Phi) is 5.09. The number of thiophene rings is 1. The maximum absolute atomic E-state index is 3.85. The van der Waals surface area contributed by atoms with E-state index in [1.807, 2.05) is 11.3 Å². The molecule has 4 heteroatoms. The summed E-state index contributed by atoms with van der Waals surface area (Å²) in [5.74, 6) is 0.712. The molecule has 0 aromatic carbocycles. The SMILES string of the molecule is CC(C)C1CN(Cc2ccc(Br)s2)C2(CCCCC2)CN1. The van der Waals surface area contributed by atoms with Crippen LogP contribution in [-0.4, -0.2) is 29.6 Å². The van der Waals surface area contributed by atoms with Crippen LogP contribution in [0.1, 0.15) is 50.8 Å². The Labute approximate surface area is 141 Å². The van der Waals surface area contributed by atoms with Crippen LogP contribution >= 0.6 is 27.3 Å². The van der Waals surface area contributed by atoms with Gasteiger partial charge in [-0.2, -0.15) is 0 Å². The van der Waals surface area contributed by atoms with Crippen molar-refractivity contribution in [2.45, 2.75) is 64.1 Å². The number of hydrogen-bond acceptors (Lipinski definition) is 3. The van der Waals surface area contributed by atoms with Gasteiger partial charge >= 0.3 is 0 Å². The largest absolute Gasteiger partial charge is 0.311 e. The van der Waals surface area contributed by atoms with Gasteiger partial charge in [0.15, 0.2) is 0 Å². The molecule has 0 bridgehead atoms. The minimum absolute atomic E-state index is 0.417. The van der Waals surface area contributed by atoms with Gasteiger partial charge < -0.3 is 5.32 Å². The standard InChI is InChI=1S/C17H27BrN2S/c1-13(2)15-11-20(10-14-6-7-16(18)21-14)17(12-19-15)8-4-3-5-9-17/h6-7,13,15,19H,3-5,8-12H2,1-2H3. The van der Waals surface area contributed by atoms with E-state index in [0.29, 0.717) is 17.5 Å². The van der Waals surface area contributed by atoms with E-state index in [9.17, 15) is 0 Å². The van der Waals surface area contributed by atoms with Gasteiger partial charge in [0.1, 0.15) is 0 Å². The lowest BCUT2D eigenvalue weighted by molar-refractivity contribution is -0.00351. The van der Waals surface area contributed by atoms with Gasteiger partial charge in [0.2, 0.25) is 0 Å². The fourth-order valence-electron chi connectivity index (χ4n) is 3.94. The molecule has 1 atom stereocenters. The van der Waals surface area contributed by atoms with Crippen LogP contribution in [0.3, 0.4) is 0 Å². The maximum atomic E-state index is 3.85. The minimum Gasteiger partial charge on any atom is -0.311 e. The molecular weight excluding hydrogens is 344 g/mol. The summed E-state index contributed by atoms with van der Waals surface area (Å²) in [4.78, 5) is 4.31. The fourth-order valence-corrected chi connectivity index (χ4v) is 5.43. The molecule has 1 unspecified atom stereocenters. The van der Waals surface area contributed by atoms with E-state index in [1.54, 1.807) is 0 Å². The summed E-state index contributed by atoms with van der Waals surface area (Å²) in [6.45, 7) is 8.20. The van der Waals surface area contributed by atoms with Crippen LogP contribution in [0.15, 0.2) is 15.9 Å². The Bertz CT molecular complexity index is 465. The predicted molar refractivity (Wildman–Crippen MR) is 94.9 cm³/mol. The highest BCUT2D eigenvalue weighted by atomic mass is 79.9. The lowest BCUT2D eigenvalue weighted by Crippen LogP contribution is -2.65. The van der Waals surface area contributed by atoms with E-state index in [2.05, 4.69) is 52.1 Å². The maximum Gasteiger partial charge on any atom is 0.0701 e. The van der Waals surface area contributed by atoms with Crippen molar-refractivity contribution in [2.24, 2.45) is 5.92 Å². The van der Waals surface area contributed by atoms with Crippen molar-refractivity contribution < 1.29 is 0 Å². The average Bonchev–Trinajstić information content (AvgIpc) is 2.87. The normalized spacial score (nSPS) is 26.6. The second-order valence-electron chi connectivity index (χ2n) is 7.10. The van der Waals surface area contributed by atoms with E-state index >= 15 is 0 Å². The van der Waals surface area contributed by atoms with Crippen LogP contribution in [-0.2, 0) is 6.54 Å². The van der Waals surface area contributed by atoms with Gasteiger partial charge in [-0.25, -0.2) is 0 Å². The quantitative estimate of drug-likeness (QED) is 0.833. The van der Waals surface area contributed by atoms with Crippen LogP contribution in [0.25, 0.3) is 0 Å². The topological polar surface area (TPSA) is 15.3 Å². The van der Waals surface area contributed by atoms with Crippen molar-refractivity contribution >= 4 is 27.3 Å². The van der Waals surface area contributed by atoms with E-state index in [-0.39, 0.29) is 0 Å². The first-order chi connectivity index (χ1) is 10.1. The van der Waals surface area contributed by atoms with Gasteiger partial charge in [0.25, 0.3) is 0 Å². The Morgan fingerprint density at radius 2 is 2.10 bits per heavy atom. The first kappa shape index (κ1) is 16.0. The van der Waals surface area contributed by atoms with E-state index in [1.165, 1.54) is 53.9 Å². The van der Waals surface area contributed by atoms with Crippen LogP contribution in [0.5, 0.6) is 0 Å². The number of hydrogen-bond donors (Lipinski definition) is 1. The molecule has 1 aromatic rings. The van der Waals surface area contributed by atoms with Crippen molar-refractivity contribution in [1.82, 2.24) is 10.2 Å². The molecule has 1 N–H and O–H groups in total. The third-order valence-corrected chi connectivity index (χ3v) is 6.95.